The second-order valence-electron chi connectivity index (χ2n) is 11.3. The molecule has 28 heavy (non-hydrogen) atoms. The monoisotopic (exact) mass is 394 g/mol. The van der Waals surface area contributed by atoms with E-state index in [9.17, 15) is 15.3 Å². The van der Waals surface area contributed by atoms with E-state index in [1.807, 2.05) is 0 Å². The molecule has 0 aromatic rings. The van der Waals surface area contributed by atoms with Crippen molar-refractivity contribution in [3.8, 4) is 0 Å². The first-order chi connectivity index (χ1) is 13.4. The minimum Gasteiger partial charge on any atom is -0.391 e. The lowest BCUT2D eigenvalue weighted by Gasteiger charge is -2.61. The van der Waals surface area contributed by atoms with Crippen molar-refractivity contribution in [1.82, 2.24) is 0 Å². The second kappa shape index (κ2) is 7.83. The van der Waals surface area contributed by atoms with Crippen molar-refractivity contribution < 1.29 is 20.2 Å². The van der Waals surface area contributed by atoms with E-state index in [1.54, 1.807) is 0 Å². The van der Waals surface area contributed by atoms with E-state index < -0.39 is 5.60 Å². The lowest BCUT2D eigenvalue weighted by Crippen LogP contribution is -3.15. The van der Waals surface area contributed by atoms with Crippen molar-refractivity contribution in [3.05, 3.63) is 0 Å². The van der Waals surface area contributed by atoms with Gasteiger partial charge in [0, 0.05) is 5.41 Å². The molecule has 4 aliphatic rings. The average molecular weight is 395 g/mol. The van der Waals surface area contributed by atoms with Crippen molar-refractivity contribution >= 4 is 0 Å². The summed E-state index contributed by atoms with van der Waals surface area (Å²) in [6, 6.07) is 0. The van der Waals surface area contributed by atoms with Gasteiger partial charge < -0.3 is 20.2 Å². The molecule has 4 N–H and O–H groups in total. The third kappa shape index (κ3) is 3.18. The summed E-state index contributed by atoms with van der Waals surface area (Å²) in [6.45, 7) is 7.16. The first-order valence-corrected chi connectivity index (χ1v) is 12.2. The van der Waals surface area contributed by atoms with Crippen molar-refractivity contribution in [1.29, 1.82) is 0 Å². The van der Waals surface area contributed by atoms with Gasteiger partial charge in [-0.05, 0) is 80.5 Å². The van der Waals surface area contributed by atoms with Crippen molar-refractivity contribution in [3.63, 3.8) is 0 Å². The Balaban J connectivity index is 1.54. The summed E-state index contributed by atoms with van der Waals surface area (Å²) in [5.41, 5.74) is -0.0942. The molecule has 4 rings (SSSR count). The highest BCUT2D eigenvalue weighted by Crippen LogP contribution is 2.68. The van der Waals surface area contributed by atoms with E-state index in [0.717, 1.165) is 35.5 Å². The van der Waals surface area contributed by atoms with Gasteiger partial charge in [-0.15, -0.1) is 0 Å². The Morgan fingerprint density at radius 2 is 1.54 bits per heavy atom. The van der Waals surface area contributed by atoms with E-state index in [2.05, 4.69) is 13.8 Å². The van der Waals surface area contributed by atoms with E-state index in [1.165, 1.54) is 51.4 Å². The number of aliphatic hydroxyl groups is 3. The van der Waals surface area contributed by atoms with Crippen LogP contribution in [0.4, 0.5) is 0 Å². The van der Waals surface area contributed by atoms with Crippen LogP contribution in [-0.2, 0) is 0 Å². The Morgan fingerprint density at radius 3 is 2.25 bits per heavy atom. The zero-order valence-corrected chi connectivity index (χ0v) is 18.3. The van der Waals surface area contributed by atoms with Gasteiger partial charge >= 0.3 is 0 Å². The first kappa shape index (κ1) is 21.1. The largest absolute Gasteiger partial charge is 0.391 e. The standard InChI is InChI=1S/C24H43NO3/c1-22-10-4-3-5-18(22)6-7-19-20(22)8-11-23(2)21(19)9-12-24(23,28)17-25(13-15-26)14-16-27/h18-21,26-28H,3-17H2,1-2H3/p+1/t18-,19-,20+,21-,22-,23-,24+/m1/s1. The van der Waals surface area contributed by atoms with Crippen LogP contribution in [-0.4, -0.2) is 53.8 Å². The molecule has 162 valence electrons. The summed E-state index contributed by atoms with van der Waals surface area (Å²) < 4.78 is 0. The third-order valence-corrected chi connectivity index (χ3v) is 10.4. The van der Waals surface area contributed by atoms with Gasteiger partial charge in [0.05, 0.1) is 13.2 Å². The SMILES string of the molecule is C[C@@]12CCCC[C@@H]1CC[C@H]1[C@H]3CC[C@](O)(C[NH+](CCO)CCO)[C@]3(C)CC[C@@H]12. The quantitative estimate of drug-likeness (QED) is 0.557. The van der Waals surface area contributed by atoms with E-state index in [0.29, 0.717) is 31.0 Å². The molecule has 4 aliphatic carbocycles. The molecule has 0 spiro atoms. The van der Waals surface area contributed by atoms with Gasteiger partial charge in [-0.2, -0.15) is 0 Å². The first-order valence-electron chi connectivity index (χ1n) is 12.2. The number of hydrogen-bond donors (Lipinski definition) is 4. The Kier molecular flexibility index (Phi) is 5.90. The maximum atomic E-state index is 11.9. The van der Waals surface area contributed by atoms with Crippen LogP contribution in [0.3, 0.4) is 0 Å². The molecule has 0 heterocycles. The van der Waals surface area contributed by atoms with Crippen LogP contribution in [0.5, 0.6) is 0 Å². The highest BCUT2D eigenvalue weighted by molar-refractivity contribution is 5.13. The summed E-state index contributed by atoms with van der Waals surface area (Å²) in [5.74, 6) is 3.26. The molecule has 0 aromatic heterocycles. The number of rotatable bonds is 6. The van der Waals surface area contributed by atoms with Gasteiger partial charge in [0.2, 0.25) is 0 Å². The molecular formula is C24H44NO3+. The normalized spacial score (nSPS) is 48.2. The smallest absolute Gasteiger partial charge is 0.119 e. The van der Waals surface area contributed by atoms with Gasteiger partial charge in [-0.3, -0.25) is 0 Å². The summed E-state index contributed by atoms with van der Waals surface area (Å²) in [6.07, 6.45) is 13.0. The molecule has 4 fully saturated rings. The van der Waals surface area contributed by atoms with Crippen molar-refractivity contribution in [2.75, 3.05) is 32.8 Å². The van der Waals surface area contributed by atoms with Crippen LogP contribution in [0.25, 0.3) is 0 Å². The summed E-state index contributed by atoms with van der Waals surface area (Å²) in [4.78, 5) is 1.15. The van der Waals surface area contributed by atoms with Crippen LogP contribution >= 0.6 is 0 Å². The zero-order valence-electron chi connectivity index (χ0n) is 18.3. The predicted molar refractivity (Wildman–Crippen MR) is 111 cm³/mol. The molecule has 0 aliphatic heterocycles. The van der Waals surface area contributed by atoms with Gasteiger partial charge in [0.15, 0.2) is 0 Å². The molecule has 4 saturated carbocycles. The van der Waals surface area contributed by atoms with Crippen LogP contribution in [0.2, 0.25) is 0 Å². The second-order valence-corrected chi connectivity index (χ2v) is 11.3. The molecule has 0 bridgehead atoms. The van der Waals surface area contributed by atoms with Gasteiger partial charge in [-0.1, -0.05) is 26.7 Å². The maximum Gasteiger partial charge on any atom is 0.119 e. The number of aliphatic hydroxyl groups excluding tert-OH is 2. The predicted octanol–water partition coefficient (Wildman–Crippen LogP) is 2.02. The molecule has 4 nitrogen and oxygen atoms in total. The van der Waals surface area contributed by atoms with Gasteiger partial charge in [0.25, 0.3) is 0 Å². The van der Waals surface area contributed by atoms with Gasteiger partial charge in [-0.25, -0.2) is 0 Å². The fraction of sp³-hybridized carbons (Fsp3) is 1.00. The fourth-order valence-electron chi connectivity index (χ4n) is 8.73. The van der Waals surface area contributed by atoms with E-state index in [-0.39, 0.29) is 18.6 Å². The summed E-state index contributed by atoms with van der Waals surface area (Å²) in [7, 11) is 0. The molecule has 4 heteroatoms. The summed E-state index contributed by atoms with van der Waals surface area (Å²) in [5, 5.41) is 30.7. The average Bonchev–Trinajstić information content (AvgIpc) is 2.93. The topological polar surface area (TPSA) is 65.1 Å². The molecule has 0 saturated heterocycles. The molecule has 0 aromatic carbocycles. The fourth-order valence-corrected chi connectivity index (χ4v) is 8.73. The van der Waals surface area contributed by atoms with E-state index >= 15 is 0 Å². The van der Waals surface area contributed by atoms with Crippen LogP contribution < -0.4 is 4.90 Å². The molecule has 7 atom stereocenters. The molecule has 0 unspecified atom stereocenters. The number of nitrogens with one attached hydrogen (secondary N) is 1. The lowest BCUT2D eigenvalue weighted by atomic mass is 9.44. The molecule has 0 amide bonds. The third-order valence-electron chi connectivity index (χ3n) is 10.4. The highest BCUT2D eigenvalue weighted by atomic mass is 16.3. The Hall–Kier alpha value is -0.160. The van der Waals surface area contributed by atoms with Crippen molar-refractivity contribution in [2.24, 2.45) is 34.5 Å². The summed E-state index contributed by atoms with van der Waals surface area (Å²) >= 11 is 0. The number of hydrogen-bond acceptors (Lipinski definition) is 3. The van der Waals surface area contributed by atoms with Crippen molar-refractivity contribution in [2.45, 2.75) is 83.7 Å². The van der Waals surface area contributed by atoms with E-state index in [4.69, 9.17) is 0 Å². The van der Waals surface area contributed by atoms with Crippen LogP contribution in [0.15, 0.2) is 0 Å². The number of quaternary nitrogens is 1. The molecule has 0 radical (unpaired) electrons. The highest BCUT2D eigenvalue weighted by Gasteiger charge is 2.65. The maximum absolute atomic E-state index is 11.9. The minimum atomic E-state index is -0.646. The van der Waals surface area contributed by atoms with Crippen LogP contribution in [0.1, 0.15) is 78.1 Å². The minimum absolute atomic E-state index is 0.00217. The Bertz CT molecular complexity index is 550. The zero-order chi connectivity index (χ0) is 20.0. The van der Waals surface area contributed by atoms with Gasteiger partial charge in [0.1, 0.15) is 25.2 Å². The lowest BCUT2D eigenvalue weighted by molar-refractivity contribution is -0.908. The Labute approximate surface area is 171 Å². The number of fused-ring (bicyclic) bond motifs is 5. The Morgan fingerprint density at radius 1 is 0.821 bits per heavy atom. The molecular weight excluding hydrogens is 350 g/mol. The van der Waals surface area contributed by atoms with Crippen LogP contribution in [0, 0.1) is 34.5 Å².